The van der Waals surface area contributed by atoms with Crippen LogP contribution in [0.1, 0.15) is 6.42 Å². The minimum absolute atomic E-state index is 0.0688. The van der Waals surface area contributed by atoms with Gasteiger partial charge < -0.3 is 4.90 Å². The predicted octanol–water partition coefficient (Wildman–Crippen LogP) is 2.89. The van der Waals surface area contributed by atoms with E-state index in [1.165, 1.54) is 12.1 Å². The number of hydrogen-bond acceptors (Lipinski definition) is 2. The second kappa shape index (κ2) is 5.06. The zero-order valence-corrected chi connectivity index (χ0v) is 10.2. The van der Waals surface area contributed by atoms with Gasteiger partial charge in [0.15, 0.2) is 0 Å². The molecule has 0 saturated heterocycles. The molecule has 0 atom stereocenters. The Morgan fingerprint density at radius 3 is 3.12 bits per heavy atom. The van der Waals surface area contributed by atoms with Crippen LogP contribution in [0.3, 0.4) is 0 Å². The average Bonchev–Trinajstić information content (AvgIpc) is 2.50. The molecule has 0 aliphatic carbocycles. The molecule has 0 aromatic heterocycles. The Bertz CT molecular complexity index is 413. The summed E-state index contributed by atoms with van der Waals surface area (Å²) in [6.07, 6.45) is 0.892. The maximum Gasteiger partial charge on any atom is 0.241 e. The first kappa shape index (κ1) is 11.7. The summed E-state index contributed by atoms with van der Waals surface area (Å²) >= 11 is 7.20. The first-order valence-electron chi connectivity index (χ1n) is 5.01. The Kier molecular flexibility index (Phi) is 3.71. The molecule has 0 N–H and O–H groups in total. The van der Waals surface area contributed by atoms with E-state index in [2.05, 4.69) is 0 Å². The second-order valence-corrected chi connectivity index (χ2v) is 4.90. The van der Waals surface area contributed by atoms with E-state index < -0.39 is 0 Å². The molecule has 2 nitrogen and oxygen atoms in total. The molecule has 1 amide bonds. The fourth-order valence-corrected chi connectivity index (χ4v) is 2.80. The van der Waals surface area contributed by atoms with Crippen molar-refractivity contribution in [3.8, 4) is 0 Å². The molecule has 1 heterocycles. The van der Waals surface area contributed by atoms with E-state index in [4.69, 9.17) is 11.6 Å². The summed E-state index contributed by atoms with van der Waals surface area (Å²) in [4.78, 5) is 14.2. The number of thioether (sulfide) groups is 1. The van der Waals surface area contributed by atoms with Gasteiger partial charge in [0, 0.05) is 11.4 Å². The van der Waals surface area contributed by atoms with Gasteiger partial charge in [-0.2, -0.15) is 0 Å². The molecule has 0 radical (unpaired) electrons. The lowest BCUT2D eigenvalue weighted by atomic mass is 10.2. The van der Waals surface area contributed by atoms with Crippen molar-refractivity contribution in [2.45, 2.75) is 11.3 Å². The van der Waals surface area contributed by atoms with E-state index >= 15 is 0 Å². The van der Waals surface area contributed by atoms with Crippen LogP contribution in [0.25, 0.3) is 0 Å². The van der Waals surface area contributed by atoms with Crippen molar-refractivity contribution in [1.82, 2.24) is 0 Å². The Morgan fingerprint density at radius 1 is 1.56 bits per heavy atom. The van der Waals surface area contributed by atoms with Gasteiger partial charge >= 0.3 is 0 Å². The number of benzene rings is 1. The van der Waals surface area contributed by atoms with Crippen LogP contribution >= 0.6 is 23.4 Å². The minimum Gasteiger partial charge on any atom is -0.310 e. The highest BCUT2D eigenvalue weighted by Gasteiger charge is 2.21. The van der Waals surface area contributed by atoms with E-state index in [1.807, 2.05) is 0 Å². The van der Waals surface area contributed by atoms with E-state index in [9.17, 15) is 9.18 Å². The van der Waals surface area contributed by atoms with Crippen LogP contribution in [0.2, 0.25) is 0 Å². The molecule has 0 fully saturated rings. The van der Waals surface area contributed by atoms with Crippen molar-refractivity contribution in [1.29, 1.82) is 0 Å². The molecule has 1 aromatic rings. The SMILES string of the molecule is O=C(CCl)N1CCCSc2ccc(F)cc21. The molecular formula is C11H11ClFNOS. The minimum atomic E-state index is -0.325. The highest BCUT2D eigenvalue weighted by molar-refractivity contribution is 7.99. The maximum atomic E-state index is 13.2. The van der Waals surface area contributed by atoms with Gasteiger partial charge in [-0.15, -0.1) is 23.4 Å². The van der Waals surface area contributed by atoms with Gasteiger partial charge in [0.1, 0.15) is 11.7 Å². The Balaban J connectivity index is 2.42. The van der Waals surface area contributed by atoms with Crippen molar-refractivity contribution in [3.05, 3.63) is 24.0 Å². The van der Waals surface area contributed by atoms with Gasteiger partial charge in [0.2, 0.25) is 5.91 Å². The molecule has 0 spiro atoms. The van der Waals surface area contributed by atoms with Crippen molar-refractivity contribution < 1.29 is 9.18 Å². The molecular weight excluding hydrogens is 249 g/mol. The monoisotopic (exact) mass is 259 g/mol. The first-order valence-corrected chi connectivity index (χ1v) is 6.53. The summed E-state index contributed by atoms with van der Waals surface area (Å²) in [5.41, 5.74) is 0.646. The van der Waals surface area contributed by atoms with Crippen LogP contribution in [0.15, 0.2) is 23.1 Å². The molecule has 1 aliphatic heterocycles. The molecule has 5 heteroatoms. The number of amides is 1. The molecule has 1 aliphatic rings. The van der Waals surface area contributed by atoms with Crippen molar-refractivity contribution >= 4 is 35.0 Å². The highest BCUT2D eigenvalue weighted by Crippen LogP contribution is 2.34. The topological polar surface area (TPSA) is 20.3 Å². The fraction of sp³-hybridized carbons (Fsp3) is 0.364. The number of anilines is 1. The van der Waals surface area contributed by atoms with Gasteiger partial charge in [-0.25, -0.2) is 4.39 Å². The quantitative estimate of drug-likeness (QED) is 0.723. The normalized spacial score (nSPS) is 15.5. The van der Waals surface area contributed by atoms with E-state index in [1.54, 1.807) is 22.7 Å². The van der Waals surface area contributed by atoms with E-state index in [-0.39, 0.29) is 17.6 Å². The van der Waals surface area contributed by atoms with Crippen molar-refractivity contribution in [2.24, 2.45) is 0 Å². The maximum absolute atomic E-state index is 13.2. The number of rotatable bonds is 1. The van der Waals surface area contributed by atoms with Crippen LogP contribution in [0.4, 0.5) is 10.1 Å². The molecule has 2 rings (SSSR count). The lowest BCUT2D eigenvalue weighted by Gasteiger charge is -2.21. The molecule has 0 bridgehead atoms. The van der Waals surface area contributed by atoms with Crippen LogP contribution < -0.4 is 4.90 Å². The smallest absolute Gasteiger partial charge is 0.241 e. The standard InChI is InChI=1S/C11H11ClFNOS/c12-7-11(15)14-4-1-5-16-10-3-2-8(13)6-9(10)14/h2-3,6H,1,4-5,7H2. The lowest BCUT2D eigenvalue weighted by molar-refractivity contribution is -0.116. The molecule has 0 unspecified atom stereocenters. The summed E-state index contributed by atoms with van der Waals surface area (Å²) in [6, 6.07) is 4.54. The van der Waals surface area contributed by atoms with Crippen LogP contribution in [0.5, 0.6) is 0 Å². The van der Waals surface area contributed by atoms with Gasteiger partial charge in [-0.05, 0) is 30.4 Å². The number of halogens is 2. The third-order valence-electron chi connectivity index (χ3n) is 2.41. The predicted molar refractivity (Wildman–Crippen MR) is 64.8 cm³/mol. The van der Waals surface area contributed by atoms with E-state index in [0.29, 0.717) is 12.2 Å². The molecule has 16 heavy (non-hydrogen) atoms. The third kappa shape index (κ3) is 2.33. The number of hydrogen-bond donors (Lipinski definition) is 0. The average molecular weight is 260 g/mol. The molecule has 1 aromatic carbocycles. The van der Waals surface area contributed by atoms with Gasteiger partial charge in [0.05, 0.1) is 5.69 Å². The van der Waals surface area contributed by atoms with Gasteiger partial charge in [-0.1, -0.05) is 0 Å². The van der Waals surface area contributed by atoms with Crippen molar-refractivity contribution in [3.63, 3.8) is 0 Å². The summed E-state index contributed by atoms with van der Waals surface area (Å²) in [7, 11) is 0. The first-order chi connectivity index (χ1) is 7.72. The van der Waals surface area contributed by atoms with Gasteiger partial charge in [0.25, 0.3) is 0 Å². The van der Waals surface area contributed by atoms with Gasteiger partial charge in [-0.3, -0.25) is 4.79 Å². The number of nitrogens with zero attached hydrogens (tertiary/aromatic N) is 1. The lowest BCUT2D eigenvalue weighted by Crippen LogP contribution is -2.32. The molecule has 86 valence electrons. The summed E-state index contributed by atoms with van der Waals surface area (Å²) in [5.74, 6) is 0.371. The number of alkyl halides is 1. The number of fused-ring (bicyclic) bond motifs is 1. The third-order valence-corrected chi connectivity index (χ3v) is 3.79. The van der Waals surface area contributed by atoms with E-state index in [0.717, 1.165) is 17.1 Å². The summed E-state index contributed by atoms with van der Waals surface area (Å²) in [5, 5.41) is 0. The zero-order chi connectivity index (χ0) is 11.5. The second-order valence-electron chi connectivity index (χ2n) is 3.49. The van der Waals surface area contributed by atoms with Crippen LogP contribution in [-0.2, 0) is 4.79 Å². The molecule has 0 saturated carbocycles. The summed E-state index contributed by atoms with van der Waals surface area (Å²) in [6.45, 7) is 0.606. The zero-order valence-electron chi connectivity index (χ0n) is 8.58. The Labute approximate surface area is 103 Å². The highest BCUT2D eigenvalue weighted by atomic mass is 35.5. The number of carbonyl (C=O) groups excluding carboxylic acids is 1. The largest absolute Gasteiger partial charge is 0.310 e. The number of carbonyl (C=O) groups is 1. The Morgan fingerprint density at radius 2 is 2.38 bits per heavy atom. The van der Waals surface area contributed by atoms with Crippen molar-refractivity contribution in [2.75, 3.05) is 23.1 Å². The fourth-order valence-electron chi connectivity index (χ4n) is 1.68. The van der Waals surface area contributed by atoms with Crippen LogP contribution in [0, 0.1) is 5.82 Å². The summed E-state index contributed by atoms with van der Waals surface area (Å²) < 4.78 is 13.2. The Hall–Kier alpha value is -0.740. The van der Waals surface area contributed by atoms with Crippen LogP contribution in [-0.4, -0.2) is 24.1 Å².